The summed E-state index contributed by atoms with van der Waals surface area (Å²) in [6.45, 7) is 5.05. The topological polar surface area (TPSA) is 55.0 Å². The molecule has 0 radical (unpaired) electrons. The normalized spacial score (nSPS) is 25.8. The number of rotatable bonds is 2. The van der Waals surface area contributed by atoms with Crippen LogP contribution in [0.4, 0.5) is 5.82 Å². The smallest absolute Gasteiger partial charge is 0.162 e. The zero-order chi connectivity index (χ0) is 12.9. The van der Waals surface area contributed by atoms with Crippen LogP contribution < -0.4 is 10.6 Å². The fourth-order valence-corrected chi connectivity index (χ4v) is 3.52. The third kappa shape index (κ3) is 1.68. The Morgan fingerprint density at radius 1 is 1.33 bits per heavy atom. The van der Waals surface area contributed by atoms with Gasteiger partial charge in [-0.1, -0.05) is 12.2 Å². The maximum atomic E-state index is 5.89. The predicted octanol–water partition coefficient (Wildman–Crippen LogP) is 1.72. The van der Waals surface area contributed by atoms with Crippen LogP contribution in [0, 0.1) is 19.8 Å². The fourth-order valence-electron chi connectivity index (χ4n) is 3.28. The molecule has 1 saturated carbocycles. The SMILES string of the molecule is Cc1nnc(N2CC3CCC2C3)c(C(N)=S)c1C. The zero-order valence-corrected chi connectivity index (χ0v) is 11.6. The molecule has 1 aliphatic carbocycles. The van der Waals surface area contributed by atoms with Gasteiger partial charge >= 0.3 is 0 Å². The summed E-state index contributed by atoms with van der Waals surface area (Å²) in [5, 5.41) is 8.61. The van der Waals surface area contributed by atoms with Crippen LogP contribution in [0.15, 0.2) is 0 Å². The highest BCUT2D eigenvalue weighted by Gasteiger charge is 2.39. The molecule has 96 valence electrons. The molecular formula is C13H18N4S. The highest BCUT2D eigenvalue weighted by molar-refractivity contribution is 7.80. The molecule has 1 aliphatic heterocycles. The Labute approximate surface area is 113 Å². The van der Waals surface area contributed by atoms with E-state index in [0.717, 1.165) is 35.1 Å². The molecule has 0 spiro atoms. The van der Waals surface area contributed by atoms with Crippen LogP contribution in [0.5, 0.6) is 0 Å². The summed E-state index contributed by atoms with van der Waals surface area (Å²) >= 11 is 5.20. The first-order valence-corrected chi connectivity index (χ1v) is 6.89. The molecule has 2 fully saturated rings. The van der Waals surface area contributed by atoms with Gasteiger partial charge in [-0.05, 0) is 44.6 Å². The van der Waals surface area contributed by atoms with Gasteiger partial charge in [0, 0.05) is 12.6 Å². The lowest BCUT2D eigenvalue weighted by Crippen LogP contribution is -2.35. The van der Waals surface area contributed by atoms with E-state index in [4.69, 9.17) is 18.0 Å². The quantitative estimate of drug-likeness (QED) is 0.822. The molecule has 2 atom stereocenters. The molecule has 1 aromatic rings. The lowest BCUT2D eigenvalue weighted by molar-refractivity contribution is 0.548. The summed E-state index contributed by atoms with van der Waals surface area (Å²) in [5.74, 6) is 1.72. The molecule has 18 heavy (non-hydrogen) atoms. The van der Waals surface area contributed by atoms with E-state index in [1.807, 2.05) is 13.8 Å². The van der Waals surface area contributed by atoms with E-state index in [0.29, 0.717) is 11.0 Å². The maximum Gasteiger partial charge on any atom is 0.162 e. The summed E-state index contributed by atoms with van der Waals surface area (Å²) in [6.07, 6.45) is 3.89. The molecule has 2 bridgehead atoms. The number of hydrogen-bond acceptors (Lipinski definition) is 4. The van der Waals surface area contributed by atoms with Gasteiger partial charge < -0.3 is 10.6 Å². The van der Waals surface area contributed by atoms with Gasteiger partial charge in [0.25, 0.3) is 0 Å². The van der Waals surface area contributed by atoms with Crippen molar-refractivity contribution in [3.8, 4) is 0 Å². The van der Waals surface area contributed by atoms with Crippen molar-refractivity contribution in [1.29, 1.82) is 0 Å². The van der Waals surface area contributed by atoms with Crippen LogP contribution in [0.1, 0.15) is 36.1 Å². The number of nitrogens with two attached hydrogens (primary N) is 1. The number of aromatic nitrogens is 2. The third-order valence-corrected chi connectivity index (χ3v) is 4.57. The van der Waals surface area contributed by atoms with Crippen molar-refractivity contribution >= 4 is 23.0 Å². The molecule has 0 amide bonds. The first-order chi connectivity index (χ1) is 8.58. The molecule has 4 nitrogen and oxygen atoms in total. The first kappa shape index (κ1) is 11.8. The minimum Gasteiger partial charge on any atom is -0.389 e. The van der Waals surface area contributed by atoms with E-state index in [1.54, 1.807) is 0 Å². The second-order valence-electron chi connectivity index (χ2n) is 5.46. The maximum absolute atomic E-state index is 5.89. The largest absolute Gasteiger partial charge is 0.389 e. The summed E-state index contributed by atoms with van der Waals surface area (Å²) in [5.41, 5.74) is 8.78. The van der Waals surface area contributed by atoms with E-state index in [9.17, 15) is 0 Å². The van der Waals surface area contributed by atoms with Gasteiger partial charge in [0.1, 0.15) is 4.99 Å². The summed E-state index contributed by atoms with van der Waals surface area (Å²) in [6, 6.07) is 0.611. The zero-order valence-electron chi connectivity index (χ0n) is 10.8. The van der Waals surface area contributed by atoms with Gasteiger partial charge in [-0.3, -0.25) is 0 Å². The van der Waals surface area contributed by atoms with Crippen LogP contribution >= 0.6 is 12.2 Å². The molecule has 1 aromatic heterocycles. The number of piperidine rings is 1. The van der Waals surface area contributed by atoms with Crippen molar-refractivity contribution in [3.63, 3.8) is 0 Å². The van der Waals surface area contributed by atoms with Crippen LogP contribution in [0.2, 0.25) is 0 Å². The van der Waals surface area contributed by atoms with Crippen LogP contribution in [0.25, 0.3) is 0 Å². The molecule has 0 aromatic carbocycles. The van der Waals surface area contributed by atoms with E-state index < -0.39 is 0 Å². The Morgan fingerprint density at radius 2 is 2.11 bits per heavy atom. The monoisotopic (exact) mass is 262 g/mol. The highest BCUT2D eigenvalue weighted by Crippen LogP contribution is 2.40. The van der Waals surface area contributed by atoms with Crippen molar-refractivity contribution < 1.29 is 0 Å². The second-order valence-corrected chi connectivity index (χ2v) is 5.90. The van der Waals surface area contributed by atoms with Crippen LogP contribution in [-0.2, 0) is 0 Å². The first-order valence-electron chi connectivity index (χ1n) is 6.48. The van der Waals surface area contributed by atoms with Crippen molar-refractivity contribution in [3.05, 3.63) is 16.8 Å². The standard InChI is InChI=1S/C13H18N4S/c1-7-8(2)15-16-13(11(7)12(14)18)17-6-9-3-4-10(17)5-9/h9-10H,3-6H2,1-2H3,(H2,14,18). The number of thiocarbonyl (C=S) groups is 1. The van der Waals surface area contributed by atoms with Gasteiger partial charge in [-0.25, -0.2) is 0 Å². The van der Waals surface area contributed by atoms with E-state index >= 15 is 0 Å². The van der Waals surface area contributed by atoms with Crippen molar-refractivity contribution in [1.82, 2.24) is 10.2 Å². The molecule has 1 saturated heterocycles. The fraction of sp³-hybridized carbons (Fsp3) is 0.615. The van der Waals surface area contributed by atoms with Gasteiger partial charge in [-0.2, -0.15) is 5.10 Å². The molecule has 2 heterocycles. The summed E-state index contributed by atoms with van der Waals surface area (Å²) < 4.78 is 0. The van der Waals surface area contributed by atoms with Crippen molar-refractivity contribution in [2.45, 2.75) is 39.2 Å². The van der Waals surface area contributed by atoms with Gasteiger partial charge in [0.05, 0.1) is 11.3 Å². The number of hydrogen-bond donors (Lipinski definition) is 1. The Hall–Kier alpha value is -1.23. The number of fused-ring (bicyclic) bond motifs is 2. The molecule has 2 unspecified atom stereocenters. The molecule has 3 rings (SSSR count). The third-order valence-electron chi connectivity index (χ3n) is 4.36. The minimum absolute atomic E-state index is 0.434. The molecule has 2 aliphatic rings. The minimum atomic E-state index is 0.434. The molecule has 5 heteroatoms. The lowest BCUT2D eigenvalue weighted by atomic mass is 10.1. The molecule has 2 N–H and O–H groups in total. The average molecular weight is 262 g/mol. The Bertz CT molecular complexity index is 514. The van der Waals surface area contributed by atoms with E-state index in [2.05, 4.69) is 15.1 Å². The lowest BCUT2D eigenvalue weighted by Gasteiger charge is -2.29. The summed E-state index contributed by atoms with van der Waals surface area (Å²) in [4.78, 5) is 2.80. The van der Waals surface area contributed by atoms with Crippen LogP contribution in [0.3, 0.4) is 0 Å². The number of anilines is 1. The molecular weight excluding hydrogens is 244 g/mol. The Balaban J connectivity index is 2.07. The number of aryl methyl sites for hydroxylation is 1. The van der Waals surface area contributed by atoms with Gasteiger partial charge in [0.15, 0.2) is 5.82 Å². The van der Waals surface area contributed by atoms with Gasteiger partial charge in [0.2, 0.25) is 0 Å². The van der Waals surface area contributed by atoms with Crippen LogP contribution in [-0.4, -0.2) is 27.8 Å². The van der Waals surface area contributed by atoms with E-state index in [-0.39, 0.29) is 0 Å². The highest BCUT2D eigenvalue weighted by atomic mass is 32.1. The second kappa shape index (κ2) is 4.16. The average Bonchev–Trinajstić information content (AvgIpc) is 2.93. The number of nitrogens with zero attached hydrogens (tertiary/aromatic N) is 3. The van der Waals surface area contributed by atoms with Gasteiger partial charge in [-0.15, -0.1) is 5.10 Å². The summed E-state index contributed by atoms with van der Waals surface area (Å²) in [7, 11) is 0. The van der Waals surface area contributed by atoms with Crippen molar-refractivity contribution in [2.24, 2.45) is 11.7 Å². The van der Waals surface area contributed by atoms with Crippen molar-refractivity contribution in [2.75, 3.05) is 11.4 Å². The predicted molar refractivity (Wildman–Crippen MR) is 75.9 cm³/mol. The Morgan fingerprint density at radius 3 is 2.67 bits per heavy atom. The Kier molecular flexibility index (Phi) is 2.73. The van der Waals surface area contributed by atoms with E-state index in [1.165, 1.54) is 19.3 Å².